The molecule has 2 aromatic rings. The number of halogens is 1. The molecule has 0 bridgehead atoms. The maximum absolute atomic E-state index is 11.9. The number of rotatable bonds is 3. The van der Waals surface area contributed by atoms with E-state index in [1.165, 1.54) is 22.9 Å². The lowest BCUT2D eigenvalue weighted by Crippen LogP contribution is -2.21. The second-order valence-electron chi connectivity index (χ2n) is 4.84. The fourth-order valence-corrected chi connectivity index (χ4v) is 2.69. The van der Waals surface area contributed by atoms with Gasteiger partial charge in [-0.2, -0.15) is 0 Å². The van der Waals surface area contributed by atoms with E-state index in [2.05, 4.69) is 0 Å². The Hall–Kier alpha value is -2.27. The summed E-state index contributed by atoms with van der Waals surface area (Å²) in [5.41, 5.74) is 1.58. The summed E-state index contributed by atoms with van der Waals surface area (Å²) in [4.78, 5) is 22.9. The van der Waals surface area contributed by atoms with Gasteiger partial charge in [-0.25, -0.2) is 4.79 Å². The first-order chi connectivity index (χ1) is 10.0. The first-order valence-electron chi connectivity index (χ1n) is 6.42. The Morgan fingerprint density at radius 1 is 1.38 bits per heavy atom. The second kappa shape index (κ2) is 5.26. The van der Waals surface area contributed by atoms with Gasteiger partial charge < -0.3 is 14.4 Å². The highest BCUT2D eigenvalue weighted by Gasteiger charge is 2.18. The van der Waals surface area contributed by atoms with E-state index < -0.39 is 5.97 Å². The summed E-state index contributed by atoms with van der Waals surface area (Å²) in [5, 5.41) is 9.58. The number of nitrogens with zero attached hydrogens (tertiary/aromatic N) is 1. The Morgan fingerprint density at radius 2 is 2.19 bits per heavy atom. The highest BCUT2D eigenvalue weighted by Crippen LogP contribution is 2.33. The number of hydrogen-bond acceptors (Lipinski definition) is 3. The lowest BCUT2D eigenvalue weighted by Gasteiger charge is -2.11. The monoisotopic (exact) mass is 305 g/mol. The van der Waals surface area contributed by atoms with E-state index in [0.717, 1.165) is 23.3 Å². The van der Waals surface area contributed by atoms with Crippen molar-refractivity contribution in [2.75, 3.05) is 6.61 Å². The van der Waals surface area contributed by atoms with Gasteiger partial charge in [0.15, 0.2) is 0 Å². The zero-order valence-electron chi connectivity index (χ0n) is 11.0. The highest BCUT2D eigenvalue weighted by molar-refractivity contribution is 6.30. The first kappa shape index (κ1) is 13.7. The zero-order valence-corrected chi connectivity index (χ0v) is 11.8. The van der Waals surface area contributed by atoms with Crippen LogP contribution in [0.2, 0.25) is 5.02 Å². The van der Waals surface area contributed by atoms with Crippen LogP contribution in [0.25, 0.3) is 0 Å². The van der Waals surface area contributed by atoms with Gasteiger partial charge in [-0.1, -0.05) is 11.6 Å². The van der Waals surface area contributed by atoms with E-state index in [4.69, 9.17) is 21.4 Å². The quantitative estimate of drug-likeness (QED) is 0.943. The molecule has 0 fully saturated rings. The molecule has 0 saturated carbocycles. The number of pyridine rings is 1. The van der Waals surface area contributed by atoms with Gasteiger partial charge in [0.2, 0.25) is 0 Å². The largest absolute Gasteiger partial charge is 0.493 e. The molecular formula is C15H12ClNO4. The van der Waals surface area contributed by atoms with Crippen molar-refractivity contribution < 1.29 is 14.6 Å². The normalized spacial score (nSPS) is 12.8. The van der Waals surface area contributed by atoms with Crippen LogP contribution in [0.3, 0.4) is 0 Å². The van der Waals surface area contributed by atoms with E-state index in [-0.39, 0.29) is 17.7 Å². The number of hydrogen-bond donors (Lipinski definition) is 1. The number of carbonyl (C=O) groups is 1. The van der Waals surface area contributed by atoms with Crippen molar-refractivity contribution in [3.8, 4) is 5.75 Å². The summed E-state index contributed by atoms with van der Waals surface area (Å²) in [6.07, 6.45) is 2.11. The SMILES string of the molecule is O=C(O)c1ccc(=O)n(Cc2cc(Cl)cc3c2OCC3)c1. The molecule has 1 aliphatic rings. The number of fused-ring (bicyclic) bond motifs is 1. The molecule has 0 atom stereocenters. The maximum Gasteiger partial charge on any atom is 0.337 e. The average Bonchev–Trinajstić information content (AvgIpc) is 2.89. The Balaban J connectivity index is 2.03. The summed E-state index contributed by atoms with van der Waals surface area (Å²) in [5.74, 6) is -0.330. The number of aromatic carboxylic acids is 1. The van der Waals surface area contributed by atoms with E-state index in [9.17, 15) is 9.59 Å². The molecule has 0 unspecified atom stereocenters. The van der Waals surface area contributed by atoms with Crippen LogP contribution in [0.4, 0.5) is 0 Å². The number of carboxylic acid groups (broad SMARTS) is 1. The van der Waals surface area contributed by atoms with Crippen LogP contribution in [-0.2, 0) is 13.0 Å². The van der Waals surface area contributed by atoms with Crippen molar-refractivity contribution in [1.29, 1.82) is 0 Å². The molecule has 0 spiro atoms. The number of carboxylic acids is 1. The summed E-state index contributed by atoms with van der Waals surface area (Å²) < 4.78 is 6.93. The summed E-state index contributed by atoms with van der Waals surface area (Å²) in [6, 6.07) is 6.13. The lowest BCUT2D eigenvalue weighted by atomic mass is 10.1. The van der Waals surface area contributed by atoms with Crippen LogP contribution in [0.15, 0.2) is 35.3 Å². The van der Waals surface area contributed by atoms with Crippen molar-refractivity contribution in [2.24, 2.45) is 0 Å². The van der Waals surface area contributed by atoms with Gasteiger partial charge in [0, 0.05) is 29.3 Å². The Bertz CT molecular complexity index is 782. The Morgan fingerprint density at radius 3 is 2.95 bits per heavy atom. The van der Waals surface area contributed by atoms with Crippen molar-refractivity contribution in [3.05, 3.63) is 62.5 Å². The van der Waals surface area contributed by atoms with Gasteiger partial charge in [0.25, 0.3) is 5.56 Å². The topological polar surface area (TPSA) is 68.5 Å². The van der Waals surface area contributed by atoms with Gasteiger partial charge in [0.05, 0.1) is 18.7 Å². The standard InChI is InChI=1S/C15H12ClNO4/c16-12-5-9-3-4-21-14(9)11(6-12)8-17-7-10(15(19)20)1-2-13(17)18/h1-2,5-7H,3-4,8H2,(H,19,20). The number of benzene rings is 1. The van der Waals surface area contributed by atoms with Gasteiger partial charge in [-0.15, -0.1) is 0 Å². The van der Waals surface area contributed by atoms with Crippen molar-refractivity contribution in [3.63, 3.8) is 0 Å². The smallest absolute Gasteiger partial charge is 0.337 e. The van der Waals surface area contributed by atoms with Crippen molar-refractivity contribution in [2.45, 2.75) is 13.0 Å². The minimum Gasteiger partial charge on any atom is -0.493 e. The Labute approximate surface area is 125 Å². The molecule has 108 valence electrons. The van der Waals surface area contributed by atoms with Crippen LogP contribution >= 0.6 is 11.6 Å². The third-order valence-electron chi connectivity index (χ3n) is 3.40. The molecule has 1 N–H and O–H groups in total. The summed E-state index contributed by atoms with van der Waals surface area (Å²) in [7, 11) is 0. The minimum absolute atomic E-state index is 0.0641. The molecule has 0 radical (unpaired) electrons. The number of aromatic nitrogens is 1. The second-order valence-corrected chi connectivity index (χ2v) is 5.28. The van der Waals surface area contributed by atoms with Crippen LogP contribution in [-0.4, -0.2) is 22.2 Å². The molecule has 0 amide bonds. The number of ether oxygens (including phenoxy) is 1. The van der Waals surface area contributed by atoms with E-state index >= 15 is 0 Å². The van der Waals surface area contributed by atoms with Crippen LogP contribution in [0.1, 0.15) is 21.5 Å². The fraction of sp³-hybridized carbons (Fsp3) is 0.200. The van der Waals surface area contributed by atoms with Crippen LogP contribution in [0, 0.1) is 0 Å². The molecule has 5 nitrogen and oxygen atoms in total. The molecule has 3 rings (SSSR count). The molecule has 6 heteroatoms. The zero-order chi connectivity index (χ0) is 15.0. The molecule has 0 aliphatic carbocycles. The third kappa shape index (κ3) is 2.64. The van der Waals surface area contributed by atoms with Gasteiger partial charge in [0.1, 0.15) is 5.75 Å². The molecule has 1 aromatic heterocycles. The van der Waals surface area contributed by atoms with Gasteiger partial charge in [-0.3, -0.25) is 4.79 Å². The molecular weight excluding hydrogens is 294 g/mol. The summed E-state index contributed by atoms with van der Waals surface area (Å²) in [6.45, 7) is 0.815. The van der Waals surface area contributed by atoms with E-state index in [1.807, 2.05) is 6.07 Å². The predicted molar refractivity (Wildman–Crippen MR) is 77.4 cm³/mol. The van der Waals surface area contributed by atoms with Crippen LogP contribution < -0.4 is 10.3 Å². The molecule has 1 aromatic carbocycles. The molecule has 1 aliphatic heterocycles. The highest BCUT2D eigenvalue weighted by atomic mass is 35.5. The van der Waals surface area contributed by atoms with E-state index in [1.54, 1.807) is 6.07 Å². The van der Waals surface area contributed by atoms with Gasteiger partial charge in [-0.05, 0) is 23.8 Å². The van der Waals surface area contributed by atoms with Crippen molar-refractivity contribution in [1.82, 2.24) is 4.57 Å². The lowest BCUT2D eigenvalue weighted by molar-refractivity contribution is 0.0696. The predicted octanol–water partition coefficient (Wildman–Crippen LogP) is 2.18. The Kier molecular flexibility index (Phi) is 3.43. The van der Waals surface area contributed by atoms with Crippen LogP contribution in [0.5, 0.6) is 5.75 Å². The average molecular weight is 306 g/mol. The van der Waals surface area contributed by atoms with E-state index in [0.29, 0.717) is 11.6 Å². The minimum atomic E-state index is -1.07. The maximum atomic E-state index is 11.9. The van der Waals surface area contributed by atoms with Gasteiger partial charge >= 0.3 is 5.97 Å². The third-order valence-corrected chi connectivity index (χ3v) is 3.61. The van der Waals surface area contributed by atoms with Crippen molar-refractivity contribution >= 4 is 17.6 Å². The molecule has 2 heterocycles. The molecule has 0 saturated heterocycles. The fourth-order valence-electron chi connectivity index (χ4n) is 2.43. The molecule has 21 heavy (non-hydrogen) atoms. The first-order valence-corrected chi connectivity index (χ1v) is 6.80. The summed E-state index contributed by atoms with van der Waals surface area (Å²) >= 11 is 6.08.